The molecule has 0 bridgehead atoms. The number of aromatic amines is 1. The third-order valence-electron chi connectivity index (χ3n) is 4.28. The summed E-state index contributed by atoms with van der Waals surface area (Å²) in [5.74, 6) is 0.189. The number of carbonyl (C=O) groups excluding carboxylic acids is 1. The van der Waals surface area contributed by atoms with E-state index in [2.05, 4.69) is 9.97 Å². The molecule has 3 rings (SSSR count). The van der Waals surface area contributed by atoms with Crippen LogP contribution >= 0.6 is 0 Å². The highest BCUT2D eigenvalue weighted by Gasteiger charge is 2.24. The van der Waals surface area contributed by atoms with Gasteiger partial charge in [0.25, 0.3) is 5.56 Å². The van der Waals surface area contributed by atoms with Crippen molar-refractivity contribution in [1.29, 1.82) is 0 Å². The second-order valence-corrected chi connectivity index (χ2v) is 6.02. The van der Waals surface area contributed by atoms with Crippen LogP contribution in [0, 0.1) is 5.82 Å². The second kappa shape index (κ2) is 6.95. The van der Waals surface area contributed by atoms with Crippen molar-refractivity contribution in [2.45, 2.75) is 39.2 Å². The average Bonchev–Trinajstić information content (AvgIpc) is 2.60. The number of halogens is 1. The van der Waals surface area contributed by atoms with Crippen LogP contribution in [0.1, 0.15) is 37.4 Å². The Morgan fingerprint density at radius 2 is 2.08 bits per heavy atom. The zero-order valence-corrected chi connectivity index (χ0v) is 13.6. The highest BCUT2D eigenvalue weighted by Crippen LogP contribution is 2.19. The van der Waals surface area contributed by atoms with Crippen molar-refractivity contribution in [2.24, 2.45) is 0 Å². The summed E-state index contributed by atoms with van der Waals surface area (Å²) in [6.07, 6.45) is 2.91. The molecule has 1 aromatic carbocycles. The summed E-state index contributed by atoms with van der Waals surface area (Å²) >= 11 is 0. The van der Waals surface area contributed by atoms with Gasteiger partial charge in [0.2, 0.25) is 5.91 Å². The van der Waals surface area contributed by atoms with Crippen LogP contribution in [0.25, 0.3) is 11.4 Å². The van der Waals surface area contributed by atoms with Gasteiger partial charge in [0, 0.05) is 24.9 Å². The molecule has 6 heteroatoms. The van der Waals surface area contributed by atoms with Gasteiger partial charge in [-0.1, -0.05) is 13.3 Å². The lowest BCUT2D eigenvalue weighted by Crippen LogP contribution is -2.39. The molecule has 0 aliphatic carbocycles. The molecule has 0 saturated carbocycles. The molecule has 1 aliphatic rings. The molecule has 5 nitrogen and oxygen atoms in total. The van der Waals surface area contributed by atoms with Crippen LogP contribution in [0.5, 0.6) is 0 Å². The van der Waals surface area contributed by atoms with Crippen molar-refractivity contribution in [2.75, 3.05) is 6.54 Å². The molecule has 2 aromatic rings. The largest absolute Gasteiger partial charge is 0.338 e. The molecule has 1 aromatic heterocycles. The van der Waals surface area contributed by atoms with Gasteiger partial charge in [-0.15, -0.1) is 0 Å². The topological polar surface area (TPSA) is 66.1 Å². The van der Waals surface area contributed by atoms with Gasteiger partial charge in [-0.05, 0) is 30.7 Å². The number of hydrogen-bond donors (Lipinski definition) is 1. The molecule has 126 valence electrons. The van der Waals surface area contributed by atoms with Crippen molar-refractivity contribution in [3.05, 3.63) is 51.7 Å². The summed E-state index contributed by atoms with van der Waals surface area (Å²) in [5, 5.41) is 0. The Balaban J connectivity index is 1.85. The number of hydrogen-bond acceptors (Lipinski definition) is 3. The molecule has 0 unspecified atom stereocenters. The number of benzene rings is 1. The van der Waals surface area contributed by atoms with Crippen LogP contribution in [0.2, 0.25) is 0 Å². The van der Waals surface area contributed by atoms with Gasteiger partial charge >= 0.3 is 0 Å². The van der Waals surface area contributed by atoms with Gasteiger partial charge in [-0.2, -0.15) is 0 Å². The molecule has 1 amide bonds. The van der Waals surface area contributed by atoms with E-state index in [1.807, 2.05) is 6.92 Å². The van der Waals surface area contributed by atoms with Gasteiger partial charge in [0.15, 0.2) is 0 Å². The van der Waals surface area contributed by atoms with Crippen molar-refractivity contribution in [3.8, 4) is 11.4 Å². The van der Waals surface area contributed by atoms with Crippen molar-refractivity contribution < 1.29 is 9.18 Å². The Morgan fingerprint density at radius 3 is 2.79 bits per heavy atom. The minimum atomic E-state index is -0.333. The Labute approximate surface area is 139 Å². The average molecular weight is 329 g/mol. The molecule has 1 aliphatic heterocycles. The molecule has 0 spiro atoms. The SMILES string of the molecule is CCCCC(=O)N1CCc2nc(-c3ccc(F)cc3)[nH]c(=O)c2C1. The highest BCUT2D eigenvalue weighted by molar-refractivity contribution is 5.76. The number of carbonyl (C=O) groups is 1. The summed E-state index contributed by atoms with van der Waals surface area (Å²) in [5.41, 5.74) is 1.71. The normalized spacial score (nSPS) is 13.7. The van der Waals surface area contributed by atoms with Gasteiger partial charge < -0.3 is 9.88 Å². The number of amides is 1. The predicted molar refractivity (Wildman–Crippen MR) is 88.9 cm³/mol. The minimum absolute atomic E-state index is 0.0875. The van der Waals surface area contributed by atoms with Gasteiger partial charge in [0.05, 0.1) is 17.8 Å². The number of aromatic nitrogens is 2. The van der Waals surface area contributed by atoms with Gasteiger partial charge in [0.1, 0.15) is 11.6 Å². The lowest BCUT2D eigenvalue weighted by Gasteiger charge is -2.28. The Bertz CT molecular complexity index is 799. The second-order valence-electron chi connectivity index (χ2n) is 6.02. The fraction of sp³-hybridized carbons (Fsp3) is 0.389. The molecular weight excluding hydrogens is 309 g/mol. The predicted octanol–water partition coefficient (Wildman–Crippen LogP) is 2.65. The lowest BCUT2D eigenvalue weighted by molar-refractivity contribution is -0.132. The van der Waals surface area contributed by atoms with Crippen molar-refractivity contribution >= 4 is 5.91 Å². The van der Waals surface area contributed by atoms with E-state index in [4.69, 9.17) is 0 Å². The summed E-state index contributed by atoms with van der Waals surface area (Å²) in [7, 11) is 0. The van der Waals surface area contributed by atoms with Crippen LogP contribution in [0.4, 0.5) is 4.39 Å². The summed E-state index contributed by atoms with van der Waals surface area (Å²) in [6, 6.07) is 5.85. The van der Waals surface area contributed by atoms with E-state index in [9.17, 15) is 14.0 Å². The first kappa shape index (κ1) is 16.4. The lowest BCUT2D eigenvalue weighted by atomic mass is 10.1. The third kappa shape index (κ3) is 3.37. The van der Waals surface area contributed by atoms with Gasteiger partial charge in [-0.25, -0.2) is 9.37 Å². The Kier molecular flexibility index (Phi) is 4.74. The number of rotatable bonds is 4. The highest BCUT2D eigenvalue weighted by atomic mass is 19.1. The molecule has 0 radical (unpaired) electrons. The first-order chi connectivity index (χ1) is 11.6. The molecule has 0 fully saturated rings. The van der Waals surface area contributed by atoms with Crippen LogP contribution in [-0.2, 0) is 17.8 Å². The molecule has 2 heterocycles. The van der Waals surface area contributed by atoms with Crippen LogP contribution in [0.15, 0.2) is 29.1 Å². The number of nitrogens with zero attached hydrogens (tertiary/aromatic N) is 2. The fourth-order valence-electron chi connectivity index (χ4n) is 2.87. The first-order valence-electron chi connectivity index (χ1n) is 8.24. The first-order valence-corrected chi connectivity index (χ1v) is 8.24. The van der Waals surface area contributed by atoms with E-state index in [0.29, 0.717) is 42.9 Å². The molecule has 1 N–H and O–H groups in total. The zero-order valence-electron chi connectivity index (χ0n) is 13.6. The smallest absolute Gasteiger partial charge is 0.256 e. The summed E-state index contributed by atoms with van der Waals surface area (Å²) < 4.78 is 13.0. The Morgan fingerprint density at radius 1 is 1.33 bits per heavy atom. The number of H-pyrrole nitrogens is 1. The third-order valence-corrected chi connectivity index (χ3v) is 4.28. The van der Waals surface area contributed by atoms with E-state index in [-0.39, 0.29) is 17.3 Å². The maximum Gasteiger partial charge on any atom is 0.256 e. The van der Waals surface area contributed by atoms with Crippen molar-refractivity contribution in [3.63, 3.8) is 0 Å². The van der Waals surface area contributed by atoms with E-state index in [1.165, 1.54) is 12.1 Å². The van der Waals surface area contributed by atoms with E-state index < -0.39 is 0 Å². The Hall–Kier alpha value is -2.50. The van der Waals surface area contributed by atoms with E-state index in [0.717, 1.165) is 18.5 Å². The maximum atomic E-state index is 13.0. The van der Waals surface area contributed by atoms with E-state index >= 15 is 0 Å². The standard InChI is InChI=1S/C18H20FN3O2/c1-2-3-4-16(23)22-10-9-15-14(11-22)18(24)21-17(20-15)12-5-7-13(19)8-6-12/h5-8H,2-4,9-11H2,1H3,(H,20,21,24). The monoisotopic (exact) mass is 329 g/mol. The van der Waals surface area contributed by atoms with Crippen LogP contribution in [0.3, 0.4) is 0 Å². The number of unbranched alkanes of at least 4 members (excludes halogenated alkanes) is 1. The summed E-state index contributed by atoms with van der Waals surface area (Å²) in [6.45, 7) is 2.93. The maximum absolute atomic E-state index is 13.0. The van der Waals surface area contributed by atoms with E-state index in [1.54, 1.807) is 17.0 Å². The van der Waals surface area contributed by atoms with Crippen LogP contribution in [-0.4, -0.2) is 27.3 Å². The number of fused-ring (bicyclic) bond motifs is 1. The fourth-order valence-corrected chi connectivity index (χ4v) is 2.87. The number of nitrogens with one attached hydrogen (secondary N) is 1. The molecule has 0 atom stereocenters. The minimum Gasteiger partial charge on any atom is -0.338 e. The zero-order chi connectivity index (χ0) is 17.1. The molecule has 24 heavy (non-hydrogen) atoms. The molecular formula is C18H20FN3O2. The molecule has 0 saturated heterocycles. The van der Waals surface area contributed by atoms with Crippen molar-refractivity contribution in [1.82, 2.24) is 14.9 Å². The van der Waals surface area contributed by atoms with Gasteiger partial charge in [-0.3, -0.25) is 9.59 Å². The quantitative estimate of drug-likeness (QED) is 0.938. The van der Waals surface area contributed by atoms with Crippen LogP contribution < -0.4 is 5.56 Å². The summed E-state index contributed by atoms with van der Waals surface area (Å²) in [4.78, 5) is 33.5.